The van der Waals surface area contributed by atoms with Crippen LogP contribution in [0.25, 0.3) is 0 Å². The van der Waals surface area contributed by atoms with Gasteiger partial charge in [0.25, 0.3) is 0 Å². The summed E-state index contributed by atoms with van der Waals surface area (Å²) in [5.41, 5.74) is 0.590. The van der Waals surface area contributed by atoms with Gasteiger partial charge in [0, 0.05) is 5.56 Å². The van der Waals surface area contributed by atoms with Gasteiger partial charge < -0.3 is 9.47 Å². The molecule has 0 amide bonds. The molecule has 2 aromatic rings. The molecule has 0 atom stereocenters. The van der Waals surface area contributed by atoms with Crippen LogP contribution in [0.3, 0.4) is 0 Å². The number of halogens is 2. The molecule has 0 heterocycles. The first-order chi connectivity index (χ1) is 9.69. The minimum atomic E-state index is -0.408. The number of benzene rings is 2. The molecule has 3 nitrogen and oxygen atoms in total. The third-order valence-corrected chi connectivity index (χ3v) is 2.82. The molecule has 0 aliphatic carbocycles. The second kappa shape index (κ2) is 6.91. The van der Waals surface area contributed by atoms with Crippen molar-refractivity contribution in [3.63, 3.8) is 0 Å². The van der Waals surface area contributed by atoms with E-state index in [2.05, 4.69) is 0 Å². The van der Waals surface area contributed by atoms with E-state index in [0.717, 1.165) is 6.29 Å². The second-order valence-corrected chi connectivity index (χ2v) is 4.37. The topological polar surface area (TPSA) is 35.5 Å². The minimum absolute atomic E-state index is 0.223. The largest absolute Gasteiger partial charge is 0.490 e. The van der Waals surface area contributed by atoms with Gasteiger partial charge in [-0.05, 0) is 42.5 Å². The van der Waals surface area contributed by atoms with E-state index in [9.17, 15) is 9.18 Å². The van der Waals surface area contributed by atoms with Crippen molar-refractivity contribution in [3.8, 4) is 11.5 Å². The number of carbonyl (C=O) groups excluding carboxylic acids is 1. The monoisotopic (exact) mass is 294 g/mol. The summed E-state index contributed by atoms with van der Waals surface area (Å²) >= 11 is 5.82. The van der Waals surface area contributed by atoms with Crippen LogP contribution in [0.2, 0.25) is 5.02 Å². The van der Waals surface area contributed by atoms with Crippen molar-refractivity contribution in [2.75, 3.05) is 13.2 Å². The van der Waals surface area contributed by atoms with E-state index < -0.39 is 5.82 Å². The first kappa shape index (κ1) is 14.3. The van der Waals surface area contributed by atoms with E-state index in [1.807, 2.05) is 0 Å². The van der Waals surface area contributed by atoms with E-state index in [4.69, 9.17) is 21.1 Å². The molecule has 0 spiro atoms. The van der Waals surface area contributed by atoms with Crippen LogP contribution in [0.15, 0.2) is 42.5 Å². The molecule has 20 heavy (non-hydrogen) atoms. The molecule has 0 unspecified atom stereocenters. The fraction of sp³-hybridized carbons (Fsp3) is 0.133. The van der Waals surface area contributed by atoms with Crippen molar-refractivity contribution in [1.82, 2.24) is 0 Å². The molecule has 0 saturated carbocycles. The number of aldehydes is 1. The SMILES string of the molecule is O=Cc1ccc(OCCOc2ccc(F)cc2Cl)cc1. The molecule has 104 valence electrons. The standard InChI is InChI=1S/C15H12ClFO3/c16-14-9-12(17)3-6-15(14)20-8-7-19-13-4-1-11(10-18)2-5-13/h1-6,9-10H,7-8H2. The Balaban J connectivity index is 1.79. The van der Waals surface area contributed by atoms with Crippen molar-refractivity contribution in [3.05, 3.63) is 58.9 Å². The molecule has 0 aromatic heterocycles. The number of hydrogen-bond acceptors (Lipinski definition) is 3. The molecular weight excluding hydrogens is 283 g/mol. The predicted molar refractivity (Wildman–Crippen MR) is 74.2 cm³/mol. The Morgan fingerprint density at radius 3 is 2.40 bits per heavy atom. The number of rotatable bonds is 6. The molecular formula is C15H12ClFO3. The lowest BCUT2D eigenvalue weighted by Crippen LogP contribution is -2.09. The van der Waals surface area contributed by atoms with Gasteiger partial charge in [-0.1, -0.05) is 11.6 Å². The van der Waals surface area contributed by atoms with Gasteiger partial charge in [0.1, 0.15) is 36.8 Å². The highest BCUT2D eigenvalue weighted by Crippen LogP contribution is 2.24. The Hall–Kier alpha value is -2.07. The summed E-state index contributed by atoms with van der Waals surface area (Å²) in [5, 5.41) is 0.223. The van der Waals surface area contributed by atoms with Gasteiger partial charge in [-0.3, -0.25) is 4.79 Å². The van der Waals surface area contributed by atoms with E-state index in [1.165, 1.54) is 18.2 Å². The van der Waals surface area contributed by atoms with Crippen LogP contribution < -0.4 is 9.47 Å². The van der Waals surface area contributed by atoms with Crippen molar-refractivity contribution in [1.29, 1.82) is 0 Å². The third-order valence-electron chi connectivity index (χ3n) is 2.52. The van der Waals surface area contributed by atoms with Crippen LogP contribution in [0, 0.1) is 5.82 Å². The maximum atomic E-state index is 12.8. The summed E-state index contributed by atoms with van der Waals surface area (Å²) in [6.07, 6.45) is 0.767. The average molecular weight is 295 g/mol. The predicted octanol–water partition coefficient (Wildman–Crippen LogP) is 3.75. The Bertz CT molecular complexity index is 584. The Kier molecular flexibility index (Phi) is 4.96. The highest BCUT2D eigenvalue weighted by molar-refractivity contribution is 6.32. The summed E-state index contributed by atoms with van der Waals surface area (Å²) in [6, 6.07) is 10.7. The van der Waals surface area contributed by atoms with E-state index in [0.29, 0.717) is 23.7 Å². The van der Waals surface area contributed by atoms with Gasteiger partial charge >= 0.3 is 0 Å². The van der Waals surface area contributed by atoms with Crippen LogP contribution >= 0.6 is 11.6 Å². The lowest BCUT2D eigenvalue weighted by Gasteiger charge is -2.09. The van der Waals surface area contributed by atoms with Crippen molar-refractivity contribution >= 4 is 17.9 Å². The maximum absolute atomic E-state index is 12.8. The summed E-state index contributed by atoms with van der Waals surface area (Å²) < 4.78 is 23.6. The Labute approximate surface area is 120 Å². The van der Waals surface area contributed by atoms with Gasteiger partial charge in [0.15, 0.2) is 0 Å². The molecule has 0 aliphatic rings. The summed E-state index contributed by atoms with van der Waals surface area (Å²) in [5.74, 6) is 0.645. The zero-order valence-corrected chi connectivity index (χ0v) is 11.3. The van der Waals surface area contributed by atoms with Crippen molar-refractivity contribution in [2.45, 2.75) is 0 Å². The second-order valence-electron chi connectivity index (χ2n) is 3.96. The Morgan fingerprint density at radius 2 is 1.75 bits per heavy atom. The molecule has 0 radical (unpaired) electrons. The zero-order valence-electron chi connectivity index (χ0n) is 10.5. The summed E-state index contributed by atoms with van der Waals surface area (Å²) in [4.78, 5) is 10.5. The molecule has 0 saturated heterocycles. The molecule has 0 aliphatic heterocycles. The van der Waals surface area contributed by atoms with Crippen LogP contribution in [0.5, 0.6) is 11.5 Å². The van der Waals surface area contributed by atoms with Gasteiger partial charge in [-0.2, -0.15) is 0 Å². The molecule has 0 fully saturated rings. The lowest BCUT2D eigenvalue weighted by molar-refractivity contribution is 0.112. The van der Waals surface area contributed by atoms with Crippen molar-refractivity contribution in [2.24, 2.45) is 0 Å². The van der Waals surface area contributed by atoms with Crippen molar-refractivity contribution < 1.29 is 18.7 Å². The van der Waals surface area contributed by atoms with Crippen LogP contribution in [0.1, 0.15) is 10.4 Å². The van der Waals surface area contributed by atoms with Gasteiger partial charge in [0.05, 0.1) is 5.02 Å². The van der Waals surface area contributed by atoms with E-state index >= 15 is 0 Å². The number of carbonyl (C=O) groups is 1. The van der Waals surface area contributed by atoms with E-state index in [1.54, 1.807) is 24.3 Å². The fourth-order valence-corrected chi connectivity index (χ4v) is 1.77. The minimum Gasteiger partial charge on any atom is -0.490 e. The number of hydrogen-bond donors (Lipinski definition) is 0. The molecule has 5 heteroatoms. The summed E-state index contributed by atoms with van der Waals surface area (Å²) in [7, 11) is 0. The van der Waals surface area contributed by atoms with Gasteiger partial charge in [0.2, 0.25) is 0 Å². The first-order valence-corrected chi connectivity index (χ1v) is 6.33. The smallest absolute Gasteiger partial charge is 0.150 e. The van der Waals surface area contributed by atoms with E-state index in [-0.39, 0.29) is 11.6 Å². The molecule has 0 bridgehead atoms. The molecule has 2 rings (SSSR count). The lowest BCUT2D eigenvalue weighted by atomic mass is 10.2. The highest BCUT2D eigenvalue weighted by atomic mass is 35.5. The normalized spacial score (nSPS) is 10.1. The van der Waals surface area contributed by atoms with Gasteiger partial charge in [-0.15, -0.1) is 0 Å². The first-order valence-electron chi connectivity index (χ1n) is 5.95. The van der Waals surface area contributed by atoms with Gasteiger partial charge in [-0.25, -0.2) is 4.39 Å². The molecule has 2 aromatic carbocycles. The maximum Gasteiger partial charge on any atom is 0.150 e. The summed E-state index contributed by atoms with van der Waals surface area (Å²) in [6.45, 7) is 0.592. The zero-order chi connectivity index (χ0) is 14.4. The highest BCUT2D eigenvalue weighted by Gasteiger charge is 2.03. The quantitative estimate of drug-likeness (QED) is 0.601. The number of ether oxygens (including phenoxy) is 2. The Morgan fingerprint density at radius 1 is 1.05 bits per heavy atom. The average Bonchev–Trinajstić information content (AvgIpc) is 2.46. The third kappa shape index (κ3) is 3.96. The molecule has 0 N–H and O–H groups in total. The van der Waals surface area contributed by atoms with Crippen LogP contribution in [0.4, 0.5) is 4.39 Å². The van der Waals surface area contributed by atoms with Crippen LogP contribution in [-0.2, 0) is 0 Å². The van der Waals surface area contributed by atoms with Crippen LogP contribution in [-0.4, -0.2) is 19.5 Å². The fourth-order valence-electron chi connectivity index (χ4n) is 1.55.